The molecule has 2 fully saturated rings. The summed E-state index contributed by atoms with van der Waals surface area (Å²) in [5, 5.41) is 10.1. The average Bonchev–Trinajstić information content (AvgIpc) is 2.79. The summed E-state index contributed by atoms with van der Waals surface area (Å²) in [7, 11) is 0. The molecule has 4 nitrogen and oxygen atoms in total. The third-order valence-electron chi connectivity index (χ3n) is 4.02. The largest absolute Gasteiger partial charge is 0.456 e. The van der Waals surface area contributed by atoms with Crippen LogP contribution in [0.2, 0.25) is 0 Å². The molecule has 2 bridgehead atoms. The molecule has 0 heterocycles. The number of rotatable bonds is 4. The lowest BCUT2D eigenvalue weighted by atomic mass is 9.83. The molecule has 94 valence electrons. The Morgan fingerprint density at radius 3 is 2.76 bits per heavy atom. The molecule has 0 aromatic rings. The predicted octanol–water partition coefficient (Wildman–Crippen LogP) is 1.08. The SMILES string of the molecule is C=C(C)C(=O)OC1C2CC(CC=O)C(C2)C1O. The molecule has 2 aliphatic rings. The van der Waals surface area contributed by atoms with E-state index in [4.69, 9.17) is 4.74 Å². The monoisotopic (exact) mass is 238 g/mol. The molecule has 5 atom stereocenters. The summed E-state index contributed by atoms with van der Waals surface area (Å²) in [4.78, 5) is 22.0. The van der Waals surface area contributed by atoms with Gasteiger partial charge in [-0.1, -0.05) is 6.58 Å². The molecule has 2 rings (SSSR count). The Balaban J connectivity index is 1.99. The van der Waals surface area contributed by atoms with Crippen molar-refractivity contribution in [3.8, 4) is 0 Å². The van der Waals surface area contributed by atoms with E-state index in [-0.39, 0.29) is 17.8 Å². The van der Waals surface area contributed by atoms with Crippen molar-refractivity contribution in [1.29, 1.82) is 0 Å². The Bertz CT molecular complexity index is 347. The summed E-state index contributed by atoms with van der Waals surface area (Å²) in [6.45, 7) is 5.12. The average molecular weight is 238 g/mol. The Morgan fingerprint density at radius 2 is 2.24 bits per heavy atom. The predicted molar refractivity (Wildman–Crippen MR) is 61.1 cm³/mol. The normalized spacial score (nSPS) is 39.1. The fraction of sp³-hybridized carbons (Fsp3) is 0.692. The zero-order chi connectivity index (χ0) is 12.6. The second kappa shape index (κ2) is 4.61. The van der Waals surface area contributed by atoms with Gasteiger partial charge in [0.05, 0.1) is 6.10 Å². The van der Waals surface area contributed by atoms with E-state index in [9.17, 15) is 14.7 Å². The number of hydrogen-bond donors (Lipinski definition) is 1. The summed E-state index contributed by atoms with van der Waals surface area (Å²) in [5.74, 6) is 0.122. The van der Waals surface area contributed by atoms with E-state index in [1.807, 2.05) is 0 Å². The van der Waals surface area contributed by atoms with Gasteiger partial charge in [0.2, 0.25) is 0 Å². The van der Waals surface area contributed by atoms with E-state index in [0.717, 1.165) is 19.1 Å². The maximum atomic E-state index is 11.4. The molecule has 4 heteroatoms. The van der Waals surface area contributed by atoms with Crippen molar-refractivity contribution < 1.29 is 19.4 Å². The highest BCUT2D eigenvalue weighted by Gasteiger charge is 2.53. The van der Waals surface area contributed by atoms with Crippen molar-refractivity contribution in [3.05, 3.63) is 12.2 Å². The highest BCUT2D eigenvalue weighted by atomic mass is 16.6. The summed E-state index contributed by atoms with van der Waals surface area (Å²) >= 11 is 0. The first-order chi connectivity index (χ1) is 8.04. The van der Waals surface area contributed by atoms with E-state index < -0.39 is 18.2 Å². The van der Waals surface area contributed by atoms with Crippen LogP contribution in [0.5, 0.6) is 0 Å². The van der Waals surface area contributed by atoms with Crippen LogP contribution in [0.3, 0.4) is 0 Å². The van der Waals surface area contributed by atoms with E-state index in [1.54, 1.807) is 6.92 Å². The Labute approximate surface area is 101 Å². The van der Waals surface area contributed by atoms with Crippen LogP contribution in [0.15, 0.2) is 12.2 Å². The molecule has 0 aromatic carbocycles. The van der Waals surface area contributed by atoms with Crippen LogP contribution >= 0.6 is 0 Å². The van der Waals surface area contributed by atoms with Gasteiger partial charge in [0.25, 0.3) is 0 Å². The van der Waals surface area contributed by atoms with Crippen LogP contribution in [0.4, 0.5) is 0 Å². The maximum absolute atomic E-state index is 11.4. The third-order valence-corrected chi connectivity index (χ3v) is 4.02. The number of aliphatic hydroxyl groups is 1. The van der Waals surface area contributed by atoms with Gasteiger partial charge in [0.1, 0.15) is 12.4 Å². The molecule has 0 aromatic heterocycles. The zero-order valence-corrected chi connectivity index (χ0v) is 9.96. The minimum absolute atomic E-state index is 0.105. The number of aliphatic hydroxyl groups excluding tert-OH is 1. The number of carbonyl (C=O) groups is 2. The number of fused-ring (bicyclic) bond motifs is 2. The molecule has 0 aliphatic heterocycles. The Kier molecular flexibility index (Phi) is 3.33. The lowest BCUT2D eigenvalue weighted by Gasteiger charge is -2.31. The fourth-order valence-corrected chi connectivity index (χ4v) is 3.20. The van der Waals surface area contributed by atoms with Gasteiger partial charge in [0.15, 0.2) is 0 Å². The van der Waals surface area contributed by atoms with E-state index >= 15 is 0 Å². The second-order valence-corrected chi connectivity index (χ2v) is 5.20. The molecule has 1 N–H and O–H groups in total. The standard InChI is InChI=1S/C13H18O4/c1-7(2)13(16)17-12-9-5-8(3-4-14)10(6-9)11(12)15/h4,8-12,15H,1,3,5-6H2,2H3. The van der Waals surface area contributed by atoms with Crippen LogP contribution in [0, 0.1) is 17.8 Å². The number of hydrogen-bond acceptors (Lipinski definition) is 4. The van der Waals surface area contributed by atoms with Crippen molar-refractivity contribution in [3.63, 3.8) is 0 Å². The van der Waals surface area contributed by atoms with Crippen molar-refractivity contribution in [2.24, 2.45) is 17.8 Å². The number of carbonyl (C=O) groups excluding carboxylic acids is 2. The van der Waals surface area contributed by atoms with Gasteiger partial charge in [-0.3, -0.25) is 0 Å². The topological polar surface area (TPSA) is 63.6 Å². The second-order valence-electron chi connectivity index (χ2n) is 5.20. The molecule has 0 radical (unpaired) electrons. The number of aldehydes is 1. The highest BCUT2D eigenvalue weighted by Crippen LogP contribution is 2.50. The first-order valence-electron chi connectivity index (χ1n) is 6.02. The minimum atomic E-state index is -0.623. The first-order valence-corrected chi connectivity index (χ1v) is 6.02. The summed E-state index contributed by atoms with van der Waals surface area (Å²) in [5.41, 5.74) is 0.351. The summed E-state index contributed by atoms with van der Waals surface area (Å²) < 4.78 is 5.27. The van der Waals surface area contributed by atoms with Gasteiger partial charge >= 0.3 is 5.97 Å². The third kappa shape index (κ3) is 2.14. The van der Waals surface area contributed by atoms with Gasteiger partial charge < -0.3 is 14.6 Å². The van der Waals surface area contributed by atoms with Crippen molar-refractivity contribution in [2.45, 2.75) is 38.4 Å². The van der Waals surface area contributed by atoms with Crippen LogP contribution in [0.25, 0.3) is 0 Å². The van der Waals surface area contributed by atoms with Gasteiger partial charge in [0, 0.05) is 12.0 Å². The van der Waals surface area contributed by atoms with Crippen LogP contribution in [-0.2, 0) is 14.3 Å². The molecule has 0 spiro atoms. The van der Waals surface area contributed by atoms with Crippen LogP contribution in [-0.4, -0.2) is 29.6 Å². The lowest BCUT2D eigenvalue weighted by Crippen LogP contribution is -2.40. The minimum Gasteiger partial charge on any atom is -0.456 e. The maximum Gasteiger partial charge on any atom is 0.333 e. The Hall–Kier alpha value is -1.16. The first kappa shape index (κ1) is 12.3. The summed E-state index contributed by atoms with van der Waals surface area (Å²) in [6.07, 6.45) is 2.10. The quantitative estimate of drug-likeness (QED) is 0.452. The van der Waals surface area contributed by atoms with Crippen LogP contribution in [0.1, 0.15) is 26.2 Å². The van der Waals surface area contributed by atoms with E-state index in [1.165, 1.54) is 0 Å². The lowest BCUT2D eigenvalue weighted by molar-refractivity contribution is -0.155. The highest BCUT2D eigenvalue weighted by molar-refractivity contribution is 5.87. The molecular weight excluding hydrogens is 220 g/mol. The van der Waals surface area contributed by atoms with Crippen molar-refractivity contribution in [1.82, 2.24) is 0 Å². The molecule has 0 saturated heterocycles. The molecule has 17 heavy (non-hydrogen) atoms. The van der Waals surface area contributed by atoms with E-state index in [2.05, 4.69) is 6.58 Å². The summed E-state index contributed by atoms with van der Waals surface area (Å²) in [6, 6.07) is 0. The fourth-order valence-electron chi connectivity index (χ4n) is 3.20. The van der Waals surface area contributed by atoms with Gasteiger partial charge in [-0.15, -0.1) is 0 Å². The molecule has 2 aliphatic carbocycles. The van der Waals surface area contributed by atoms with Gasteiger partial charge in [-0.2, -0.15) is 0 Å². The molecular formula is C13H18O4. The number of esters is 1. The van der Waals surface area contributed by atoms with Gasteiger partial charge in [-0.25, -0.2) is 4.79 Å². The van der Waals surface area contributed by atoms with Crippen LogP contribution < -0.4 is 0 Å². The smallest absolute Gasteiger partial charge is 0.333 e. The van der Waals surface area contributed by atoms with Gasteiger partial charge in [-0.05, 0) is 37.5 Å². The van der Waals surface area contributed by atoms with Crippen molar-refractivity contribution in [2.75, 3.05) is 0 Å². The zero-order valence-electron chi connectivity index (χ0n) is 9.96. The van der Waals surface area contributed by atoms with E-state index in [0.29, 0.717) is 12.0 Å². The molecule has 5 unspecified atom stereocenters. The van der Waals surface area contributed by atoms with Crippen molar-refractivity contribution >= 4 is 12.3 Å². The Morgan fingerprint density at radius 1 is 1.53 bits per heavy atom. The number of ether oxygens (including phenoxy) is 1. The molecule has 0 amide bonds. The molecule has 2 saturated carbocycles.